The minimum atomic E-state index is -0.650. The standard InChI is InChI=1S/C20H27FN2O3/c1-14-12-15(21)13-16(18(24)26-3)17(14)22-19(25)20(8-9-20)23(2)10-6-4-5-7-11-23/h12-13H,4-11H2,1-3H3/p+1. The van der Waals surface area contributed by atoms with Crippen LogP contribution in [-0.4, -0.2) is 49.1 Å². The van der Waals surface area contributed by atoms with E-state index in [2.05, 4.69) is 12.4 Å². The lowest BCUT2D eigenvalue weighted by Gasteiger charge is -2.41. The Balaban J connectivity index is 1.90. The SMILES string of the molecule is COC(=O)c1cc(F)cc(C)c1NC(=O)C1([N+]2(C)CCCCCC2)CC1. The molecule has 3 rings (SSSR count). The number of carbonyl (C=O) groups excluding carboxylic acids is 2. The molecule has 0 spiro atoms. The monoisotopic (exact) mass is 363 g/mol. The van der Waals surface area contributed by atoms with Gasteiger partial charge in [0.15, 0.2) is 5.54 Å². The van der Waals surface area contributed by atoms with Crippen molar-refractivity contribution in [2.45, 2.75) is 51.0 Å². The summed E-state index contributed by atoms with van der Waals surface area (Å²) in [6, 6.07) is 2.44. The summed E-state index contributed by atoms with van der Waals surface area (Å²) < 4.78 is 19.3. The molecule has 1 saturated heterocycles. The van der Waals surface area contributed by atoms with E-state index in [0.29, 0.717) is 11.3 Å². The summed E-state index contributed by atoms with van der Waals surface area (Å²) in [7, 11) is 3.43. The summed E-state index contributed by atoms with van der Waals surface area (Å²) >= 11 is 0. The second kappa shape index (κ2) is 6.99. The van der Waals surface area contributed by atoms with Crippen LogP contribution in [0.15, 0.2) is 12.1 Å². The molecule has 6 heteroatoms. The number of aryl methyl sites for hydroxylation is 1. The summed E-state index contributed by atoms with van der Waals surface area (Å²) in [6.45, 7) is 3.69. The number of ether oxygens (including phenoxy) is 1. The molecule has 2 fully saturated rings. The number of likely N-dealkylation sites (tertiary alicyclic amines) is 1. The highest BCUT2D eigenvalue weighted by Gasteiger charge is 2.63. The number of halogens is 1. The maximum Gasteiger partial charge on any atom is 0.340 e. The number of amides is 1. The molecule has 0 atom stereocenters. The summed E-state index contributed by atoms with van der Waals surface area (Å²) in [5.74, 6) is -1.24. The smallest absolute Gasteiger partial charge is 0.340 e. The molecule has 5 nitrogen and oxygen atoms in total. The van der Waals surface area contributed by atoms with Gasteiger partial charge in [0, 0.05) is 12.8 Å². The second-order valence-electron chi connectivity index (χ2n) is 7.88. The van der Waals surface area contributed by atoms with Gasteiger partial charge >= 0.3 is 5.97 Å². The molecule has 1 amide bonds. The zero-order valence-corrected chi connectivity index (χ0v) is 15.9. The van der Waals surface area contributed by atoms with Gasteiger partial charge in [-0.3, -0.25) is 4.79 Å². The number of quaternary nitrogens is 1. The van der Waals surface area contributed by atoms with Crippen LogP contribution in [0.4, 0.5) is 10.1 Å². The number of rotatable bonds is 4. The lowest BCUT2D eigenvalue weighted by atomic mass is 10.0. The van der Waals surface area contributed by atoms with Crippen LogP contribution in [0, 0.1) is 12.7 Å². The third-order valence-corrected chi connectivity index (χ3v) is 6.18. The van der Waals surface area contributed by atoms with Crippen LogP contribution < -0.4 is 5.32 Å². The summed E-state index contributed by atoms with van der Waals surface area (Å²) in [5.41, 5.74) is 0.509. The van der Waals surface area contributed by atoms with Crippen molar-refractivity contribution >= 4 is 17.6 Å². The minimum absolute atomic E-state index is 0.0627. The normalized spacial score (nSPS) is 20.8. The number of hydrogen-bond donors (Lipinski definition) is 1. The number of carbonyl (C=O) groups is 2. The molecule has 1 heterocycles. The van der Waals surface area contributed by atoms with Crippen LogP contribution in [0.25, 0.3) is 0 Å². The van der Waals surface area contributed by atoms with Crippen LogP contribution >= 0.6 is 0 Å². The van der Waals surface area contributed by atoms with Gasteiger partial charge in [-0.15, -0.1) is 0 Å². The first-order valence-corrected chi connectivity index (χ1v) is 9.37. The number of nitrogens with one attached hydrogen (secondary N) is 1. The number of nitrogens with zero attached hydrogens (tertiary/aromatic N) is 1. The van der Waals surface area contributed by atoms with Crippen LogP contribution in [0.5, 0.6) is 0 Å². The molecule has 1 aromatic rings. The average Bonchev–Trinajstić information content (AvgIpc) is 3.42. The number of hydrogen-bond acceptors (Lipinski definition) is 3. The van der Waals surface area contributed by atoms with Crippen molar-refractivity contribution in [1.82, 2.24) is 0 Å². The minimum Gasteiger partial charge on any atom is -0.465 e. The van der Waals surface area contributed by atoms with Crippen molar-refractivity contribution < 1.29 is 23.2 Å². The molecule has 0 unspecified atom stereocenters. The molecule has 26 heavy (non-hydrogen) atoms. The van der Waals surface area contributed by atoms with Crippen molar-refractivity contribution in [2.24, 2.45) is 0 Å². The van der Waals surface area contributed by atoms with Gasteiger partial charge in [0.2, 0.25) is 0 Å². The van der Waals surface area contributed by atoms with E-state index in [1.165, 1.54) is 26.0 Å². The van der Waals surface area contributed by atoms with Gasteiger partial charge in [0.1, 0.15) is 5.82 Å². The van der Waals surface area contributed by atoms with E-state index in [-0.39, 0.29) is 11.5 Å². The summed E-state index contributed by atoms with van der Waals surface area (Å²) in [6.07, 6.45) is 6.40. The number of benzene rings is 1. The highest BCUT2D eigenvalue weighted by molar-refractivity contribution is 6.05. The van der Waals surface area contributed by atoms with Crippen LogP contribution in [0.2, 0.25) is 0 Å². The zero-order valence-electron chi connectivity index (χ0n) is 15.9. The molecular formula is C20H28FN2O3+. The first-order valence-electron chi connectivity index (χ1n) is 9.37. The number of likely N-dealkylation sites (N-methyl/N-ethyl adjacent to an activating group) is 1. The predicted molar refractivity (Wildman–Crippen MR) is 97.5 cm³/mol. The molecule has 0 radical (unpaired) electrons. The first-order chi connectivity index (χ1) is 12.3. The highest BCUT2D eigenvalue weighted by Crippen LogP contribution is 2.48. The molecular weight excluding hydrogens is 335 g/mol. The fourth-order valence-electron chi connectivity index (χ4n) is 4.36. The number of methoxy groups -OCH3 is 1. The Bertz CT molecular complexity index is 720. The van der Waals surface area contributed by atoms with E-state index in [0.717, 1.165) is 49.3 Å². The van der Waals surface area contributed by atoms with Gasteiger partial charge in [0.25, 0.3) is 5.91 Å². The average molecular weight is 363 g/mol. The van der Waals surface area contributed by atoms with E-state index in [1.54, 1.807) is 6.92 Å². The number of esters is 1. The largest absolute Gasteiger partial charge is 0.465 e. The lowest BCUT2D eigenvalue weighted by Crippen LogP contribution is -2.60. The Morgan fingerprint density at radius 2 is 1.77 bits per heavy atom. The molecule has 2 aliphatic rings. The molecule has 0 bridgehead atoms. The topological polar surface area (TPSA) is 55.4 Å². The van der Waals surface area contributed by atoms with Crippen molar-refractivity contribution in [3.05, 3.63) is 29.1 Å². The zero-order chi connectivity index (χ0) is 18.9. The Labute approximate surface area is 154 Å². The highest BCUT2D eigenvalue weighted by atomic mass is 19.1. The molecule has 1 aliphatic heterocycles. The summed E-state index contributed by atoms with van der Waals surface area (Å²) in [5, 5.41) is 2.94. The van der Waals surface area contributed by atoms with E-state index in [9.17, 15) is 14.0 Å². The summed E-state index contributed by atoms with van der Waals surface area (Å²) in [4.78, 5) is 25.3. The molecule has 1 saturated carbocycles. The van der Waals surface area contributed by atoms with Crippen LogP contribution in [-0.2, 0) is 9.53 Å². The molecule has 142 valence electrons. The van der Waals surface area contributed by atoms with Crippen molar-refractivity contribution in [2.75, 3.05) is 32.6 Å². The molecule has 0 aromatic heterocycles. The van der Waals surface area contributed by atoms with Crippen molar-refractivity contribution in [3.63, 3.8) is 0 Å². The van der Waals surface area contributed by atoms with Crippen LogP contribution in [0.3, 0.4) is 0 Å². The van der Waals surface area contributed by atoms with Gasteiger partial charge in [-0.1, -0.05) is 0 Å². The van der Waals surface area contributed by atoms with Crippen molar-refractivity contribution in [3.8, 4) is 0 Å². The second-order valence-corrected chi connectivity index (χ2v) is 7.88. The van der Waals surface area contributed by atoms with Crippen LogP contribution in [0.1, 0.15) is 54.4 Å². The maximum atomic E-state index is 13.8. The van der Waals surface area contributed by atoms with E-state index < -0.39 is 17.3 Å². The van der Waals surface area contributed by atoms with Gasteiger partial charge in [-0.05, 0) is 50.3 Å². The fourth-order valence-corrected chi connectivity index (χ4v) is 4.36. The van der Waals surface area contributed by atoms with E-state index in [4.69, 9.17) is 4.74 Å². The Morgan fingerprint density at radius 3 is 2.31 bits per heavy atom. The third kappa shape index (κ3) is 3.22. The molecule has 1 N–H and O–H groups in total. The number of anilines is 1. The van der Waals surface area contributed by atoms with Gasteiger partial charge in [0.05, 0.1) is 38.5 Å². The maximum absolute atomic E-state index is 13.8. The fraction of sp³-hybridized carbons (Fsp3) is 0.600. The van der Waals surface area contributed by atoms with Gasteiger partial charge in [-0.25, -0.2) is 9.18 Å². The Morgan fingerprint density at radius 1 is 1.15 bits per heavy atom. The Kier molecular flexibility index (Phi) is 5.06. The lowest BCUT2D eigenvalue weighted by molar-refractivity contribution is -0.933. The van der Waals surface area contributed by atoms with Gasteiger partial charge in [-0.2, -0.15) is 0 Å². The third-order valence-electron chi connectivity index (χ3n) is 6.18. The molecule has 1 aliphatic carbocycles. The predicted octanol–water partition coefficient (Wildman–Crippen LogP) is 3.41. The van der Waals surface area contributed by atoms with Crippen molar-refractivity contribution in [1.29, 1.82) is 0 Å². The van der Waals surface area contributed by atoms with E-state index >= 15 is 0 Å². The first kappa shape index (κ1) is 18.8. The van der Waals surface area contributed by atoms with E-state index in [1.807, 2.05) is 0 Å². The van der Waals surface area contributed by atoms with Gasteiger partial charge < -0.3 is 14.5 Å². The molecule has 1 aromatic carbocycles. The Hall–Kier alpha value is -1.95. The quantitative estimate of drug-likeness (QED) is 0.659.